The molecule has 0 saturated heterocycles. The number of nitrogens with one attached hydrogen (secondary N) is 1. The number of likely N-dealkylation sites (N-methyl/N-ethyl adjacent to an activating group) is 1. The van der Waals surface area contributed by atoms with Crippen molar-refractivity contribution in [3.8, 4) is 5.75 Å². The second kappa shape index (κ2) is 9.37. The highest BCUT2D eigenvalue weighted by molar-refractivity contribution is 5.66. The number of carboxylic acid groups (broad SMARTS) is 1. The minimum Gasteiger partial charge on any atom is -0.491 e. The molecule has 0 atom stereocenters. The summed E-state index contributed by atoms with van der Waals surface area (Å²) in [6.07, 6.45) is 2.42. The fourth-order valence-electron chi connectivity index (χ4n) is 2.48. The quantitative estimate of drug-likeness (QED) is 0.641. The van der Waals surface area contributed by atoms with Gasteiger partial charge >= 0.3 is 5.97 Å². The third-order valence-electron chi connectivity index (χ3n) is 3.84. The lowest BCUT2D eigenvalue weighted by Gasteiger charge is -2.19. The van der Waals surface area contributed by atoms with E-state index >= 15 is 0 Å². The van der Waals surface area contributed by atoms with Gasteiger partial charge in [0.05, 0.1) is 19.6 Å². The van der Waals surface area contributed by atoms with Gasteiger partial charge in [0.2, 0.25) is 0 Å². The maximum absolute atomic E-state index is 10.5. The van der Waals surface area contributed by atoms with Crippen LogP contribution in [0, 0.1) is 0 Å². The summed E-state index contributed by atoms with van der Waals surface area (Å²) < 4.78 is 11.2. The van der Waals surface area contributed by atoms with Crippen LogP contribution in [0.25, 0.3) is 0 Å². The van der Waals surface area contributed by atoms with Crippen LogP contribution in [0.5, 0.6) is 5.75 Å². The molecule has 6 nitrogen and oxygen atoms in total. The number of fused-ring (bicyclic) bond motifs is 1. The van der Waals surface area contributed by atoms with Crippen molar-refractivity contribution in [2.75, 3.05) is 51.8 Å². The van der Waals surface area contributed by atoms with Crippen molar-refractivity contribution in [1.29, 1.82) is 0 Å². The number of carboxylic acids is 1. The van der Waals surface area contributed by atoms with Gasteiger partial charge in [0, 0.05) is 25.3 Å². The Balaban J connectivity index is 1.56. The predicted molar refractivity (Wildman–Crippen MR) is 89.3 cm³/mol. The molecular weight excluding hydrogens is 296 g/mol. The van der Waals surface area contributed by atoms with Gasteiger partial charge in [0.15, 0.2) is 0 Å². The Morgan fingerprint density at radius 1 is 1.30 bits per heavy atom. The summed E-state index contributed by atoms with van der Waals surface area (Å²) in [7, 11) is 1.89. The largest absolute Gasteiger partial charge is 0.491 e. The van der Waals surface area contributed by atoms with Crippen LogP contribution < -0.4 is 10.1 Å². The number of ether oxygens (including phenoxy) is 2. The van der Waals surface area contributed by atoms with Gasteiger partial charge in [-0.25, -0.2) is 0 Å². The van der Waals surface area contributed by atoms with E-state index in [2.05, 4.69) is 17.4 Å². The molecular formula is C17H26N2O4. The molecule has 2 N–H and O–H groups in total. The Labute approximate surface area is 137 Å². The minimum absolute atomic E-state index is 0.160. The number of benzene rings is 1. The molecule has 0 amide bonds. The first-order chi connectivity index (χ1) is 11.1. The van der Waals surface area contributed by atoms with Crippen LogP contribution in [-0.4, -0.2) is 62.5 Å². The van der Waals surface area contributed by atoms with E-state index in [0.29, 0.717) is 26.4 Å². The molecule has 1 aromatic rings. The lowest BCUT2D eigenvalue weighted by atomic mass is 10.0. The van der Waals surface area contributed by atoms with Gasteiger partial charge in [-0.1, -0.05) is 0 Å². The number of anilines is 1. The Kier molecular flexibility index (Phi) is 7.16. The van der Waals surface area contributed by atoms with Crippen LogP contribution >= 0.6 is 0 Å². The van der Waals surface area contributed by atoms with Crippen molar-refractivity contribution in [2.45, 2.75) is 19.3 Å². The number of rotatable bonds is 10. The molecule has 0 radical (unpaired) electrons. The number of aliphatic carboxylic acids is 1. The molecule has 1 aliphatic heterocycles. The SMILES string of the molecule is CN(CCOCCOc1ccc2c(c1)CCCN2)CCC(=O)O. The summed E-state index contributed by atoms with van der Waals surface area (Å²) in [5.74, 6) is 0.112. The minimum atomic E-state index is -0.772. The van der Waals surface area contributed by atoms with Gasteiger partial charge < -0.3 is 24.8 Å². The van der Waals surface area contributed by atoms with E-state index in [4.69, 9.17) is 14.6 Å². The second-order valence-corrected chi connectivity index (χ2v) is 5.76. The highest BCUT2D eigenvalue weighted by atomic mass is 16.5. The average molecular weight is 322 g/mol. The van der Waals surface area contributed by atoms with E-state index in [1.54, 1.807) is 0 Å². The molecule has 128 valence electrons. The van der Waals surface area contributed by atoms with E-state index in [1.165, 1.54) is 11.3 Å². The van der Waals surface area contributed by atoms with Crippen molar-refractivity contribution in [3.63, 3.8) is 0 Å². The Morgan fingerprint density at radius 3 is 3.00 bits per heavy atom. The third-order valence-corrected chi connectivity index (χ3v) is 3.84. The van der Waals surface area contributed by atoms with Crippen molar-refractivity contribution in [3.05, 3.63) is 23.8 Å². The summed E-state index contributed by atoms with van der Waals surface area (Å²) in [6, 6.07) is 6.15. The van der Waals surface area contributed by atoms with Crippen molar-refractivity contribution < 1.29 is 19.4 Å². The van der Waals surface area contributed by atoms with Crippen molar-refractivity contribution in [1.82, 2.24) is 4.90 Å². The topological polar surface area (TPSA) is 71.0 Å². The maximum atomic E-state index is 10.5. The van der Waals surface area contributed by atoms with Gasteiger partial charge in [-0.15, -0.1) is 0 Å². The van der Waals surface area contributed by atoms with Gasteiger partial charge in [-0.2, -0.15) is 0 Å². The molecule has 6 heteroatoms. The summed E-state index contributed by atoms with van der Waals surface area (Å²) in [5, 5.41) is 12.0. The highest BCUT2D eigenvalue weighted by Gasteiger charge is 2.09. The van der Waals surface area contributed by atoms with Crippen LogP contribution in [0.3, 0.4) is 0 Å². The molecule has 0 saturated carbocycles. The predicted octanol–water partition coefficient (Wildman–Crippen LogP) is 1.85. The van der Waals surface area contributed by atoms with Crippen LogP contribution in [0.2, 0.25) is 0 Å². The van der Waals surface area contributed by atoms with Gasteiger partial charge in [0.25, 0.3) is 0 Å². The van der Waals surface area contributed by atoms with Gasteiger partial charge in [-0.05, 0) is 43.7 Å². The average Bonchev–Trinajstić information content (AvgIpc) is 2.56. The molecule has 2 rings (SSSR count). The standard InChI is InChI=1S/C17H26N2O4/c1-19(8-6-17(20)21)9-10-22-11-12-23-15-4-5-16-14(13-15)3-2-7-18-16/h4-5,13,18H,2-3,6-12H2,1H3,(H,20,21). The van der Waals surface area contributed by atoms with E-state index in [9.17, 15) is 4.79 Å². The number of aryl methyl sites for hydroxylation is 1. The monoisotopic (exact) mass is 322 g/mol. The molecule has 0 spiro atoms. The zero-order chi connectivity index (χ0) is 16.5. The molecule has 0 aromatic heterocycles. The number of nitrogens with zero attached hydrogens (tertiary/aromatic N) is 1. The molecule has 1 heterocycles. The van der Waals surface area contributed by atoms with Crippen molar-refractivity contribution >= 4 is 11.7 Å². The zero-order valence-corrected chi connectivity index (χ0v) is 13.7. The van der Waals surface area contributed by atoms with Gasteiger partial charge in [0.1, 0.15) is 12.4 Å². The third kappa shape index (κ3) is 6.46. The number of carbonyl (C=O) groups is 1. The molecule has 1 aliphatic rings. The lowest BCUT2D eigenvalue weighted by molar-refractivity contribution is -0.137. The van der Waals surface area contributed by atoms with E-state index in [-0.39, 0.29) is 6.42 Å². The fourth-order valence-corrected chi connectivity index (χ4v) is 2.48. The number of hydrogen-bond acceptors (Lipinski definition) is 5. The van der Waals surface area contributed by atoms with E-state index in [0.717, 1.165) is 31.7 Å². The second-order valence-electron chi connectivity index (χ2n) is 5.76. The Morgan fingerprint density at radius 2 is 2.17 bits per heavy atom. The summed E-state index contributed by atoms with van der Waals surface area (Å²) in [6.45, 7) is 3.93. The molecule has 0 fully saturated rings. The summed E-state index contributed by atoms with van der Waals surface area (Å²) >= 11 is 0. The highest BCUT2D eigenvalue weighted by Crippen LogP contribution is 2.26. The first-order valence-corrected chi connectivity index (χ1v) is 8.13. The summed E-state index contributed by atoms with van der Waals surface area (Å²) in [4.78, 5) is 12.4. The van der Waals surface area contributed by atoms with Crippen LogP contribution in [0.4, 0.5) is 5.69 Å². The smallest absolute Gasteiger partial charge is 0.304 e. The van der Waals surface area contributed by atoms with Gasteiger partial charge in [-0.3, -0.25) is 4.79 Å². The first kappa shape index (κ1) is 17.6. The molecule has 0 bridgehead atoms. The summed E-state index contributed by atoms with van der Waals surface area (Å²) in [5.41, 5.74) is 2.53. The Bertz CT molecular complexity index is 507. The molecule has 0 unspecified atom stereocenters. The zero-order valence-electron chi connectivity index (χ0n) is 13.7. The number of hydrogen-bond donors (Lipinski definition) is 2. The van der Waals surface area contributed by atoms with Crippen LogP contribution in [0.15, 0.2) is 18.2 Å². The Hall–Kier alpha value is -1.79. The van der Waals surface area contributed by atoms with E-state index in [1.807, 2.05) is 18.0 Å². The van der Waals surface area contributed by atoms with Crippen LogP contribution in [-0.2, 0) is 16.0 Å². The normalized spacial score (nSPS) is 13.5. The lowest BCUT2D eigenvalue weighted by Crippen LogP contribution is -2.26. The molecule has 0 aliphatic carbocycles. The first-order valence-electron chi connectivity index (χ1n) is 8.13. The molecule has 1 aromatic carbocycles. The fraction of sp³-hybridized carbons (Fsp3) is 0.588. The van der Waals surface area contributed by atoms with Crippen molar-refractivity contribution in [2.24, 2.45) is 0 Å². The van der Waals surface area contributed by atoms with Crippen LogP contribution in [0.1, 0.15) is 18.4 Å². The maximum Gasteiger partial charge on any atom is 0.304 e. The van der Waals surface area contributed by atoms with E-state index < -0.39 is 5.97 Å². The molecule has 23 heavy (non-hydrogen) atoms.